The van der Waals surface area contributed by atoms with E-state index in [0.717, 1.165) is 37.9 Å². The van der Waals surface area contributed by atoms with E-state index in [1.54, 1.807) is 0 Å². The molecule has 0 saturated carbocycles. The average molecular weight is 243 g/mol. The van der Waals surface area contributed by atoms with Gasteiger partial charge in [0.1, 0.15) is 0 Å². The third kappa shape index (κ3) is 2.99. The van der Waals surface area contributed by atoms with Gasteiger partial charge in [0.05, 0.1) is 5.52 Å². The summed E-state index contributed by atoms with van der Waals surface area (Å²) in [5.74, 6) is 0. The number of fused-ring (bicyclic) bond motifs is 1. The Bertz CT molecular complexity index is 508. The van der Waals surface area contributed by atoms with Crippen molar-refractivity contribution in [1.82, 2.24) is 4.98 Å². The Morgan fingerprint density at radius 2 is 2.11 bits per heavy atom. The van der Waals surface area contributed by atoms with Crippen LogP contribution in [-0.2, 0) is 6.42 Å². The normalized spacial score (nSPS) is 10.8. The predicted octanol–water partition coefficient (Wildman–Crippen LogP) is 2.95. The van der Waals surface area contributed by atoms with Crippen LogP contribution in [0.15, 0.2) is 30.5 Å². The number of benzene rings is 1. The van der Waals surface area contributed by atoms with Crippen LogP contribution in [-0.4, -0.2) is 18.1 Å². The van der Waals surface area contributed by atoms with Crippen LogP contribution in [0.25, 0.3) is 10.9 Å². The van der Waals surface area contributed by atoms with Gasteiger partial charge in [0.25, 0.3) is 0 Å². The van der Waals surface area contributed by atoms with Gasteiger partial charge < -0.3 is 11.1 Å². The summed E-state index contributed by atoms with van der Waals surface area (Å²) in [5, 5.41) is 4.66. The van der Waals surface area contributed by atoms with Crippen molar-refractivity contribution in [3.8, 4) is 0 Å². The van der Waals surface area contributed by atoms with Gasteiger partial charge in [-0.1, -0.05) is 19.1 Å². The molecule has 0 aliphatic rings. The lowest BCUT2D eigenvalue weighted by atomic mass is 10.1. The molecule has 3 heteroatoms. The van der Waals surface area contributed by atoms with Gasteiger partial charge in [-0.25, -0.2) is 0 Å². The van der Waals surface area contributed by atoms with Crippen LogP contribution in [0.4, 0.5) is 5.69 Å². The van der Waals surface area contributed by atoms with Gasteiger partial charge >= 0.3 is 0 Å². The van der Waals surface area contributed by atoms with Crippen LogP contribution in [0.1, 0.15) is 25.3 Å². The van der Waals surface area contributed by atoms with Crippen molar-refractivity contribution in [3.63, 3.8) is 0 Å². The van der Waals surface area contributed by atoms with Crippen LogP contribution in [0.3, 0.4) is 0 Å². The third-order valence-corrected chi connectivity index (χ3v) is 3.16. The maximum atomic E-state index is 5.49. The molecule has 0 unspecified atom stereocenters. The second kappa shape index (κ2) is 6.36. The quantitative estimate of drug-likeness (QED) is 0.767. The number of nitrogens with zero attached hydrogens (tertiary/aromatic N) is 1. The van der Waals surface area contributed by atoms with Gasteiger partial charge in [0.15, 0.2) is 0 Å². The van der Waals surface area contributed by atoms with Crippen molar-refractivity contribution < 1.29 is 0 Å². The highest BCUT2D eigenvalue weighted by Crippen LogP contribution is 2.22. The van der Waals surface area contributed by atoms with E-state index in [1.165, 1.54) is 16.6 Å². The molecule has 0 spiro atoms. The first-order valence-corrected chi connectivity index (χ1v) is 6.66. The minimum atomic E-state index is 0.763. The molecule has 2 aromatic rings. The lowest BCUT2D eigenvalue weighted by Crippen LogP contribution is -2.06. The lowest BCUT2D eigenvalue weighted by Gasteiger charge is -2.09. The molecule has 0 radical (unpaired) electrons. The second-order valence-corrected chi connectivity index (χ2v) is 4.49. The fourth-order valence-corrected chi connectivity index (χ4v) is 2.06. The van der Waals surface area contributed by atoms with E-state index in [2.05, 4.69) is 35.4 Å². The number of hydrogen-bond donors (Lipinski definition) is 2. The van der Waals surface area contributed by atoms with Crippen LogP contribution in [0.2, 0.25) is 0 Å². The van der Waals surface area contributed by atoms with Crippen molar-refractivity contribution in [1.29, 1.82) is 0 Å². The van der Waals surface area contributed by atoms with Crippen molar-refractivity contribution in [2.45, 2.75) is 26.2 Å². The number of pyridine rings is 1. The van der Waals surface area contributed by atoms with Gasteiger partial charge in [-0.05, 0) is 43.5 Å². The second-order valence-electron chi connectivity index (χ2n) is 4.49. The Hall–Kier alpha value is -1.61. The van der Waals surface area contributed by atoms with Crippen molar-refractivity contribution in [2.75, 3.05) is 18.4 Å². The summed E-state index contributed by atoms with van der Waals surface area (Å²) in [6.45, 7) is 3.89. The molecule has 1 aromatic carbocycles. The molecule has 0 aliphatic heterocycles. The zero-order chi connectivity index (χ0) is 12.8. The number of anilines is 1. The summed E-state index contributed by atoms with van der Waals surface area (Å²) in [5.41, 5.74) is 9.06. The highest BCUT2D eigenvalue weighted by Gasteiger charge is 2.02. The fraction of sp³-hybridized carbons (Fsp3) is 0.400. The van der Waals surface area contributed by atoms with Gasteiger partial charge in [0.2, 0.25) is 0 Å². The molecular formula is C15H21N3. The molecular weight excluding hydrogens is 222 g/mol. The monoisotopic (exact) mass is 243 g/mol. The highest BCUT2D eigenvalue weighted by atomic mass is 14.9. The van der Waals surface area contributed by atoms with Gasteiger partial charge in [0, 0.05) is 23.8 Å². The smallest absolute Gasteiger partial charge is 0.0725 e. The van der Waals surface area contributed by atoms with Gasteiger partial charge in [-0.3, -0.25) is 4.98 Å². The Morgan fingerprint density at radius 3 is 2.89 bits per heavy atom. The number of aromatic nitrogens is 1. The largest absolute Gasteiger partial charge is 0.384 e. The SMILES string of the molecule is CCc1ccc2c(NCCCCN)ccnc2c1. The van der Waals surface area contributed by atoms with E-state index in [1.807, 2.05) is 12.3 Å². The Balaban J connectivity index is 2.17. The summed E-state index contributed by atoms with van der Waals surface area (Å²) in [6.07, 6.45) is 5.09. The molecule has 1 heterocycles. The summed E-state index contributed by atoms with van der Waals surface area (Å²) >= 11 is 0. The first-order valence-electron chi connectivity index (χ1n) is 6.66. The molecule has 0 aliphatic carbocycles. The number of rotatable bonds is 6. The molecule has 0 amide bonds. The minimum absolute atomic E-state index is 0.763. The van der Waals surface area contributed by atoms with Gasteiger partial charge in [-0.15, -0.1) is 0 Å². The summed E-state index contributed by atoms with van der Waals surface area (Å²) in [6, 6.07) is 8.54. The number of nitrogens with one attached hydrogen (secondary N) is 1. The van der Waals surface area contributed by atoms with E-state index in [0.29, 0.717) is 0 Å². The van der Waals surface area contributed by atoms with E-state index in [-0.39, 0.29) is 0 Å². The first-order chi connectivity index (χ1) is 8.85. The van der Waals surface area contributed by atoms with Crippen molar-refractivity contribution in [3.05, 3.63) is 36.0 Å². The molecule has 18 heavy (non-hydrogen) atoms. The van der Waals surface area contributed by atoms with E-state index in [4.69, 9.17) is 5.73 Å². The molecule has 96 valence electrons. The number of unbranched alkanes of at least 4 members (excludes halogenated alkanes) is 1. The predicted molar refractivity (Wildman–Crippen MR) is 77.9 cm³/mol. The molecule has 0 atom stereocenters. The molecule has 3 N–H and O–H groups in total. The number of hydrogen-bond acceptors (Lipinski definition) is 3. The van der Waals surface area contributed by atoms with Gasteiger partial charge in [-0.2, -0.15) is 0 Å². The maximum Gasteiger partial charge on any atom is 0.0725 e. The van der Waals surface area contributed by atoms with E-state index >= 15 is 0 Å². The van der Waals surface area contributed by atoms with Crippen LogP contribution < -0.4 is 11.1 Å². The fourth-order valence-electron chi connectivity index (χ4n) is 2.06. The summed E-state index contributed by atoms with van der Waals surface area (Å²) < 4.78 is 0. The number of nitrogens with two attached hydrogens (primary N) is 1. The zero-order valence-corrected chi connectivity index (χ0v) is 10.9. The summed E-state index contributed by atoms with van der Waals surface area (Å²) in [4.78, 5) is 4.43. The first kappa shape index (κ1) is 12.8. The van der Waals surface area contributed by atoms with Crippen LogP contribution >= 0.6 is 0 Å². The molecule has 2 rings (SSSR count). The van der Waals surface area contributed by atoms with Crippen LogP contribution in [0.5, 0.6) is 0 Å². The Kier molecular flexibility index (Phi) is 4.53. The van der Waals surface area contributed by atoms with Crippen molar-refractivity contribution in [2.24, 2.45) is 5.73 Å². The average Bonchev–Trinajstić information content (AvgIpc) is 2.43. The summed E-state index contributed by atoms with van der Waals surface area (Å²) in [7, 11) is 0. The molecule has 0 saturated heterocycles. The third-order valence-electron chi connectivity index (χ3n) is 3.16. The Morgan fingerprint density at radius 1 is 1.22 bits per heavy atom. The van der Waals surface area contributed by atoms with Crippen molar-refractivity contribution >= 4 is 16.6 Å². The topological polar surface area (TPSA) is 50.9 Å². The number of aryl methyl sites for hydroxylation is 1. The maximum absolute atomic E-state index is 5.49. The van der Waals surface area contributed by atoms with E-state index < -0.39 is 0 Å². The van der Waals surface area contributed by atoms with E-state index in [9.17, 15) is 0 Å². The van der Waals surface area contributed by atoms with Crippen LogP contribution in [0, 0.1) is 0 Å². The Labute approximate surface area is 108 Å². The highest BCUT2D eigenvalue weighted by molar-refractivity contribution is 5.91. The molecule has 0 bridgehead atoms. The molecule has 1 aromatic heterocycles. The minimum Gasteiger partial charge on any atom is -0.384 e. The standard InChI is InChI=1S/C15H21N3/c1-2-12-5-6-13-14(17-9-4-3-8-16)7-10-18-15(13)11-12/h5-7,10-11H,2-4,8-9,16H2,1H3,(H,17,18). The molecule has 0 fully saturated rings. The lowest BCUT2D eigenvalue weighted by molar-refractivity contribution is 0.774. The zero-order valence-electron chi connectivity index (χ0n) is 10.9. The molecule has 3 nitrogen and oxygen atoms in total.